The highest BCUT2D eigenvalue weighted by molar-refractivity contribution is 5.22. The van der Waals surface area contributed by atoms with E-state index in [4.69, 9.17) is 4.42 Å². The lowest BCUT2D eigenvalue weighted by Crippen LogP contribution is -2.23. The van der Waals surface area contributed by atoms with E-state index < -0.39 is 11.6 Å². The van der Waals surface area contributed by atoms with Crippen LogP contribution < -0.4 is 5.32 Å². The molecule has 0 fully saturated rings. The zero-order chi connectivity index (χ0) is 14.5. The third-order valence-corrected chi connectivity index (χ3v) is 3.28. The molecule has 0 saturated carbocycles. The smallest absolute Gasteiger partial charge is 0.162 e. The number of hydrogen-bond acceptors (Lipinski definition) is 2. The molecule has 0 aliphatic rings. The van der Waals surface area contributed by atoms with Gasteiger partial charge in [-0.05, 0) is 36.7 Å². The summed E-state index contributed by atoms with van der Waals surface area (Å²) in [5.74, 6) is 0.0547. The Labute approximate surface area is 117 Å². The molecule has 1 N–H and O–H groups in total. The van der Waals surface area contributed by atoms with Crippen molar-refractivity contribution in [2.24, 2.45) is 0 Å². The van der Waals surface area contributed by atoms with Crippen LogP contribution in [0.25, 0.3) is 0 Å². The van der Waals surface area contributed by atoms with E-state index in [9.17, 15) is 8.78 Å². The van der Waals surface area contributed by atoms with Gasteiger partial charge in [-0.15, -0.1) is 0 Å². The zero-order valence-electron chi connectivity index (χ0n) is 11.7. The lowest BCUT2D eigenvalue weighted by atomic mass is 10.0. The maximum Gasteiger partial charge on any atom is 0.162 e. The second-order valence-corrected chi connectivity index (χ2v) is 4.68. The SMILES string of the molecule is CCNC(Cc1cccc(F)c1F)c1ccc(CC)o1. The molecule has 1 unspecified atom stereocenters. The quantitative estimate of drug-likeness (QED) is 0.864. The molecule has 0 aliphatic heterocycles. The Morgan fingerprint density at radius 3 is 2.60 bits per heavy atom. The number of halogens is 2. The number of aryl methyl sites for hydroxylation is 1. The Morgan fingerprint density at radius 2 is 1.95 bits per heavy atom. The van der Waals surface area contributed by atoms with E-state index in [1.807, 2.05) is 26.0 Å². The highest BCUT2D eigenvalue weighted by atomic mass is 19.2. The van der Waals surface area contributed by atoms with Gasteiger partial charge < -0.3 is 9.73 Å². The maximum atomic E-state index is 13.8. The number of rotatable bonds is 6. The summed E-state index contributed by atoms with van der Waals surface area (Å²) < 4.78 is 32.7. The van der Waals surface area contributed by atoms with Gasteiger partial charge in [0.05, 0.1) is 6.04 Å². The Kier molecular flexibility index (Phi) is 4.90. The fraction of sp³-hybridized carbons (Fsp3) is 0.375. The van der Waals surface area contributed by atoms with Gasteiger partial charge in [-0.3, -0.25) is 0 Å². The summed E-state index contributed by atoms with van der Waals surface area (Å²) in [6.07, 6.45) is 1.17. The zero-order valence-corrected chi connectivity index (χ0v) is 11.7. The van der Waals surface area contributed by atoms with Crippen LogP contribution in [0.5, 0.6) is 0 Å². The number of hydrogen-bond donors (Lipinski definition) is 1. The highest BCUT2D eigenvalue weighted by Crippen LogP contribution is 2.23. The summed E-state index contributed by atoms with van der Waals surface area (Å²) in [4.78, 5) is 0. The van der Waals surface area contributed by atoms with Crippen molar-refractivity contribution in [3.05, 3.63) is 59.1 Å². The summed E-state index contributed by atoms with van der Waals surface area (Å²) in [6, 6.07) is 7.91. The monoisotopic (exact) mass is 279 g/mol. The van der Waals surface area contributed by atoms with Gasteiger partial charge in [-0.1, -0.05) is 26.0 Å². The van der Waals surface area contributed by atoms with E-state index >= 15 is 0 Å². The molecule has 108 valence electrons. The van der Waals surface area contributed by atoms with Crippen LogP contribution in [0.15, 0.2) is 34.7 Å². The molecular weight excluding hydrogens is 260 g/mol. The Morgan fingerprint density at radius 1 is 1.15 bits per heavy atom. The van der Waals surface area contributed by atoms with Crippen LogP contribution in [0.4, 0.5) is 8.78 Å². The molecule has 1 atom stereocenters. The molecule has 4 heteroatoms. The Balaban J connectivity index is 2.23. The first-order chi connectivity index (χ1) is 9.65. The third-order valence-electron chi connectivity index (χ3n) is 3.28. The summed E-state index contributed by atoms with van der Waals surface area (Å²) >= 11 is 0. The summed E-state index contributed by atoms with van der Waals surface area (Å²) in [6.45, 7) is 4.71. The van der Waals surface area contributed by atoms with Crippen molar-refractivity contribution in [3.8, 4) is 0 Å². The van der Waals surface area contributed by atoms with Gasteiger partial charge in [0.1, 0.15) is 11.5 Å². The van der Waals surface area contributed by atoms with Gasteiger partial charge >= 0.3 is 0 Å². The summed E-state index contributed by atoms with van der Waals surface area (Å²) in [7, 11) is 0. The molecule has 0 bridgehead atoms. The first kappa shape index (κ1) is 14.7. The van der Waals surface area contributed by atoms with Crippen molar-refractivity contribution in [2.75, 3.05) is 6.54 Å². The van der Waals surface area contributed by atoms with Gasteiger partial charge in [0.25, 0.3) is 0 Å². The molecule has 2 nitrogen and oxygen atoms in total. The first-order valence-electron chi connectivity index (χ1n) is 6.90. The lowest BCUT2D eigenvalue weighted by molar-refractivity contribution is 0.391. The molecule has 0 aliphatic carbocycles. The first-order valence-corrected chi connectivity index (χ1v) is 6.90. The summed E-state index contributed by atoms with van der Waals surface area (Å²) in [5.41, 5.74) is 0.352. The normalized spacial score (nSPS) is 12.6. The molecular formula is C16H19F2NO. The van der Waals surface area contributed by atoms with Crippen LogP contribution in [0.3, 0.4) is 0 Å². The molecule has 1 aromatic heterocycles. The number of benzene rings is 1. The van der Waals surface area contributed by atoms with E-state index in [0.717, 1.165) is 30.6 Å². The molecule has 2 rings (SSSR count). The second-order valence-electron chi connectivity index (χ2n) is 4.68. The minimum Gasteiger partial charge on any atom is -0.464 e. The van der Waals surface area contributed by atoms with Crippen molar-refractivity contribution in [3.63, 3.8) is 0 Å². The van der Waals surface area contributed by atoms with Crippen molar-refractivity contribution in [1.29, 1.82) is 0 Å². The van der Waals surface area contributed by atoms with E-state index in [0.29, 0.717) is 12.0 Å². The third kappa shape index (κ3) is 3.25. The predicted octanol–water partition coefficient (Wildman–Crippen LogP) is 4.01. The van der Waals surface area contributed by atoms with E-state index in [1.165, 1.54) is 6.07 Å². The van der Waals surface area contributed by atoms with Gasteiger partial charge in [0.15, 0.2) is 11.6 Å². The van der Waals surface area contributed by atoms with Crippen LogP contribution in [-0.2, 0) is 12.8 Å². The van der Waals surface area contributed by atoms with Crippen LogP contribution in [0.1, 0.15) is 37.0 Å². The largest absolute Gasteiger partial charge is 0.464 e. The minimum atomic E-state index is -0.813. The van der Waals surface area contributed by atoms with Gasteiger partial charge in [-0.2, -0.15) is 0 Å². The fourth-order valence-corrected chi connectivity index (χ4v) is 2.22. The van der Waals surface area contributed by atoms with E-state index in [-0.39, 0.29) is 6.04 Å². The standard InChI is InChI=1S/C16H19F2NO/c1-3-12-8-9-15(20-12)14(19-4-2)10-11-6-5-7-13(17)16(11)18/h5-9,14,19H,3-4,10H2,1-2H3. The van der Waals surface area contributed by atoms with Gasteiger partial charge in [0, 0.05) is 6.42 Å². The van der Waals surface area contributed by atoms with Crippen molar-refractivity contribution in [2.45, 2.75) is 32.7 Å². The number of nitrogens with one attached hydrogen (secondary N) is 1. The Bertz CT molecular complexity index is 565. The van der Waals surface area contributed by atoms with Crippen LogP contribution in [0.2, 0.25) is 0 Å². The van der Waals surface area contributed by atoms with Gasteiger partial charge in [-0.25, -0.2) is 8.78 Å². The molecule has 2 aromatic rings. The molecule has 0 saturated heterocycles. The van der Waals surface area contributed by atoms with E-state index in [2.05, 4.69) is 5.32 Å². The van der Waals surface area contributed by atoms with Crippen molar-refractivity contribution < 1.29 is 13.2 Å². The van der Waals surface area contributed by atoms with Crippen LogP contribution in [0, 0.1) is 11.6 Å². The fourth-order valence-electron chi connectivity index (χ4n) is 2.22. The molecule has 20 heavy (non-hydrogen) atoms. The molecule has 0 radical (unpaired) electrons. The minimum absolute atomic E-state index is 0.156. The average Bonchev–Trinajstić information content (AvgIpc) is 2.92. The predicted molar refractivity (Wildman–Crippen MR) is 74.6 cm³/mol. The second kappa shape index (κ2) is 6.66. The summed E-state index contributed by atoms with van der Waals surface area (Å²) in [5, 5.41) is 3.25. The number of likely N-dealkylation sites (N-methyl/N-ethyl adjacent to an activating group) is 1. The number of furan rings is 1. The van der Waals surface area contributed by atoms with E-state index in [1.54, 1.807) is 6.07 Å². The maximum absolute atomic E-state index is 13.8. The van der Waals surface area contributed by atoms with Crippen molar-refractivity contribution in [1.82, 2.24) is 5.32 Å². The van der Waals surface area contributed by atoms with Crippen LogP contribution >= 0.6 is 0 Å². The highest BCUT2D eigenvalue weighted by Gasteiger charge is 2.18. The molecule has 0 spiro atoms. The lowest BCUT2D eigenvalue weighted by Gasteiger charge is -2.16. The molecule has 1 aromatic carbocycles. The topological polar surface area (TPSA) is 25.2 Å². The average molecular weight is 279 g/mol. The Hall–Kier alpha value is -1.68. The van der Waals surface area contributed by atoms with Gasteiger partial charge in [0.2, 0.25) is 0 Å². The van der Waals surface area contributed by atoms with Crippen LogP contribution in [-0.4, -0.2) is 6.54 Å². The molecule has 1 heterocycles. The molecule has 0 amide bonds. The van der Waals surface area contributed by atoms with Crippen molar-refractivity contribution >= 4 is 0 Å².